The largest absolute Gasteiger partial charge is 0.508 e. The molecule has 1 aromatic carbocycles. The lowest BCUT2D eigenvalue weighted by atomic mass is 10.2. The van der Waals surface area contributed by atoms with Gasteiger partial charge in [0.05, 0.1) is 6.54 Å². The van der Waals surface area contributed by atoms with Gasteiger partial charge in [-0.1, -0.05) is 25.1 Å². The molecule has 17 heavy (non-hydrogen) atoms. The van der Waals surface area contributed by atoms with Gasteiger partial charge in [0, 0.05) is 17.8 Å². The summed E-state index contributed by atoms with van der Waals surface area (Å²) in [7, 11) is 0. The van der Waals surface area contributed by atoms with E-state index in [9.17, 15) is 9.90 Å². The maximum absolute atomic E-state index is 11.8. The average Bonchev–Trinajstić information content (AvgIpc) is 2.34. The Hall–Kier alpha value is -2.03. The molecule has 3 nitrogen and oxygen atoms in total. The maximum atomic E-state index is 11.8. The van der Waals surface area contributed by atoms with Gasteiger partial charge in [-0.25, -0.2) is 0 Å². The lowest BCUT2D eigenvalue weighted by molar-refractivity contribution is 0.465. The molecule has 0 aliphatic carbocycles. The molecule has 0 amide bonds. The number of hydrogen-bond acceptors (Lipinski definition) is 2. The fourth-order valence-corrected chi connectivity index (χ4v) is 1.73. The number of nitrogens with zero attached hydrogens (tertiary/aromatic N) is 1. The number of hydrogen-bond donors (Lipinski definition) is 1. The molecule has 0 bridgehead atoms. The highest BCUT2D eigenvalue weighted by molar-refractivity contribution is 5.32. The fourth-order valence-electron chi connectivity index (χ4n) is 1.73. The Bertz CT molecular complexity index is 572. The van der Waals surface area contributed by atoms with Crippen molar-refractivity contribution in [2.45, 2.75) is 19.9 Å². The summed E-state index contributed by atoms with van der Waals surface area (Å²) < 4.78 is 1.59. The summed E-state index contributed by atoms with van der Waals surface area (Å²) in [5.74, 6) is 0.221. The number of aryl methyl sites for hydroxylation is 1. The molecule has 0 aliphatic heterocycles. The first kappa shape index (κ1) is 11.5. The monoisotopic (exact) mass is 229 g/mol. The highest BCUT2D eigenvalue weighted by Gasteiger charge is 2.02. The molecule has 0 radical (unpaired) electrons. The predicted molar refractivity (Wildman–Crippen MR) is 67.3 cm³/mol. The number of phenols is 1. The van der Waals surface area contributed by atoms with Gasteiger partial charge in [0.2, 0.25) is 0 Å². The van der Waals surface area contributed by atoms with Crippen LogP contribution >= 0.6 is 0 Å². The van der Waals surface area contributed by atoms with Crippen LogP contribution in [0.5, 0.6) is 5.75 Å². The van der Waals surface area contributed by atoms with E-state index in [0.29, 0.717) is 6.54 Å². The summed E-state index contributed by atoms with van der Waals surface area (Å²) in [4.78, 5) is 11.8. The third kappa shape index (κ3) is 2.56. The van der Waals surface area contributed by atoms with Crippen molar-refractivity contribution in [3.8, 4) is 5.75 Å². The normalized spacial score (nSPS) is 10.4. The van der Waals surface area contributed by atoms with E-state index in [1.54, 1.807) is 29.0 Å². The third-order valence-electron chi connectivity index (χ3n) is 2.80. The number of benzene rings is 1. The van der Waals surface area contributed by atoms with Crippen LogP contribution < -0.4 is 5.56 Å². The van der Waals surface area contributed by atoms with E-state index in [1.165, 1.54) is 0 Å². The Morgan fingerprint density at radius 1 is 1.24 bits per heavy atom. The lowest BCUT2D eigenvalue weighted by Crippen LogP contribution is -2.19. The van der Waals surface area contributed by atoms with Crippen molar-refractivity contribution in [3.05, 3.63) is 64.1 Å². The van der Waals surface area contributed by atoms with Crippen LogP contribution in [0.4, 0.5) is 0 Å². The van der Waals surface area contributed by atoms with Crippen molar-refractivity contribution in [1.29, 1.82) is 0 Å². The molecule has 1 N–H and O–H groups in total. The van der Waals surface area contributed by atoms with Gasteiger partial charge in [-0.15, -0.1) is 0 Å². The molecule has 0 unspecified atom stereocenters. The number of pyridine rings is 1. The summed E-state index contributed by atoms with van der Waals surface area (Å²) in [6, 6.07) is 10.6. The summed E-state index contributed by atoms with van der Waals surface area (Å²) >= 11 is 0. The molecule has 0 spiro atoms. The average molecular weight is 229 g/mol. The zero-order valence-electron chi connectivity index (χ0n) is 9.76. The van der Waals surface area contributed by atoms with Crippen molar-refractivity contribution in [1.82, 2.24) is 4.57 Å². The lowest BCUT2D eigenvalue weighted by Gasteiger charge is -2.08. The zero-order chi connectivity index (χ0) is 12.3. The van der Waals surface area contributed by atoms with Gasteiger partial charge in [0.1, 0.15) is 5.75 Å². The van der Waals surface area contributed by atoms with Crippen molar-refractivity contribution >= 4 is 0 Å². The number of rotatable bonds is 3. The maximum Gasteiger partial charge on any atom is 0.251 e. The van der Waals surface area contributed by atoms with Crippen LogP contribution in [-0.4, -0.2) is 9.67 Å². The number of aromatic nitrogens is 1. The Kier molecular flexibility index (Phi) is 3.28. The highest BCUT2D eigenvalue weighted by Crippen LogP contribution is 2.16. The molecule has 2 rings (SSSR count). The van der Waals surface area contributed by atoms with Crippen LogP contribution in [0.1, 0.15) is 18.1 Å². The molecule has 0 saturated carbocycles. The number of aromatic hydroxyl groups is 1. The van der Waals surface area contributed by atoms with Crippen molar-refractivity contribution in [3.63, 3.8) is 0 Å². The minimum atomic E-state index is -0.0346. The van der Waals surface area contributed by atoms with Crippen molar-refractivity contribution in [2.24, 2.45) is 0 Å². The molecule has 1 heterocycles. The molecular weight excluding hydrogens is 214 g/mol. The van der Waals surface area contributed by atoms with E-state index in [-0.39, 0.29) is 11.3 Å². The second-order valence-corrected chi connectivity index (χ2v) is 3.98. The van der Waals surface area contributed by atoms with Gasteiger partial charge in [0.15, 0.2) is 0 Å². The molecule has 2 aromatic rings. The fraction of sp³-hybridized carbons (Fsp3) is 0.214. The summed E-state index contributed by atoms with van der Waals surface area (Å²) in [6.07, 6.45) is 2.63. The highest BCUT2D eigenvalue weighted by atomic mass is 16.3. The van der Waals surface area contributed by atoms with Gasteiger partial charge in [-0.05, 0) is 24.1 Å². The first-order valence-corrected chi connectivity index (χ1v) is 5.67. The van der Waals surface area contributed by atoms with Gasteiger partial charge < -0.3 is 9.67 Å². The van der Waals surface area contributed by atoms with E-state index < -0.39 is 0 Å². The minimum absolute atomic E-state index is 0.0346. The molecule has 88 valence electrons. The third-order valence-corrected chi connectivity index (χ3v) is 2.80. The van der Waals surface area contributed by atoms with E-state index in [1.807, 2.05) is 25.1 Å². The van der Waals surface area contributed by atoms with Crippen LogP contribution in [0.15, 0.2) is 47.4 Å². The van der Waals surface area contributed by atoms with Gasteiger partial charge in [-0.3, -0.25) is 4.79 Å². The number of phenolic OH excluding ortho intramolecular Hbond substituents is 1. The predicted octanol–water partition coefficient (Wildman–Crippen LogP) is 2.16. The molecular formula is C14H15NO2. The molecule has 0 saturated heterocycles. The summed E-state index contributed by atoms with van der Waals surface area (Å²) in [5.41, 5.74) is 1.75. The van der Waals surface area contributed by atoms with Gasteiger partial charge >= 0.3 is 0 Å². The SMILES string of the molecule is CCc1ccn(Cc2ccccc2O)c(=O)c1. The molecule has 0 fully saturated rings. The second-order valence-electron chi connectivity index (χ2n) is 3.98. The van der Waals surface area contributed by atoms with Gasteiger partial charge in [-0.2, -0.15) is 0 Å². The first-order chi connectivity index (χ1) is 8.20. The molecule has 1 aromatic heterocycles. The summed E-state index contributed by atoms with van der Waals surface area (Å²) in [5, 5.41) is 9.65. The Balaban J connectivity index is 2.31. The molecule has 3 heteroatoms. The van der Waals surface area contributed by atoms with Crippen molar-refractivity contribution < 1.29 is 5.11 Å². The zero-order valence-corrected chi connectivity index (χ0v) is 9.76. The standard InChI is InChI=1S/C14H15NO2/c1-2-11-7-8-15(14(17)9-11)10-12-5-3-4-6-13(12)16/h3-9,16H,2,10H2,1H3. The first-order valence-electron chi connectivity index (χ1n) is 5.67. The van der Waals surface area contributed by atoms with Crippen LogP contribution in [-0.2, 0) is 13.0 Å². The Labute approximate surface area is 100.0 Å². The molecule has 0 atom stereocenters. The molecule has 0 aliphatic rings. The summed E-state index contributed by atoms with van der Waals surface area (Å²) in [6.45, 7) is 2.41. The van der Waals surface area contributed by atoms with Crippen LogP contribution in [0, 0.1) is 0 Å². The van der Waals surface area contributed by atoms with Crippen LogP contribution in [0.3, 0.4) is 0 Å². The van der Waals surface area contributed by atoms with Crippen LogP contribution in [0.25, 0.3) is 0 Å². The van der Waals surface area contributed by atoms with E-state index in [2.05, 4.69) is 0 Å². The quantitative estimate of drug-likeness (QED) is 0.876. The van der Waals surface area contributed by atoms with Gasteiger partial charge in [0.25, 0.3) is 5.56 Å². The Morgan fingerprint density at radius 3 is 2.65 bits per heavy atom. The van der Waals surface area contributed by atoms with E-state index in [0.717, 1.165) is 17.5 Å². The topological polar surface area (TPSA) is 42.2 Å². The Morgan fingerprint density at radius 2 is 2.00 bits per heavy atom. The second kappa shape index (κ2) is 4.87. The van der Waals surface area contributed by atoms with E-state index in [4.69, 9.17) is 0 Å². The van der Waals surface area contributed by atoms with Crippen LogP contribution in [0.2, 0.25) is 0 Å². The smallest absolute Gasteiger partial charge is 0.251 e. The number of para-hydroxylation sites is 1. The van der Waals surface area contributed by atoms with Crippen molar-refractivity contribution in [2.75, 3.05) is 0 Å². The van der Waals surface area contributed by atoms with E-state index >= 15 is 0 Å². The minimum Gasteiger partial charge on any atom is -0.508 e.